The SMILES string of the molecule is CCC(=O)[C@H](CCCN=C(N)N)NC(=O)[C@H](CC(N)=O)CC(=O)[C@H](CCCN=C(N)N)NC(=O)[C@H](CCCN=C(N)N)CC(=O)[C@H](C)NC(=O)[C@H](CCC(N)=O)CC(=O)[C@H](CCCN=C(N)N)NC(=O)[C@@H](CC(=O)CCC(=O)O)C(C)O. The second kappa shape index (κ2) is 40.0. The van der Waals surface area contributed by atoms with Crippen LogP contribution < -0.4 is 78.6 Å². The van der Waals surface area contributed by atoms with E-state index >= 15 is 0 Å². The van der Waals surface area contributed by atoms with Gasteiger partial charge in [0.25, 0.3) is 0 Å². The van der Waals surface area contributed by atoms with Crippen LogP contribution in [0.2, 0.25) is 0 Å². The minimum atomic E-state index is -1.43. The number of primary amides is 2. The Bertz CT molecular complexity index is 2310. The highest BCUT2D eigenvalue weighted by atomic mass is 16.4. The molecule has 0 heterocycles. The molecule has 32 heteroatoms. The molecule has 462 valence electrons. The van der Waals surface area contributed by atoms with Crippen molar-refractivity contribution in [3.63, 3.8) is 0 Å². The Balaban J connectivity index is 6.90. The molecule has 0 rings (SSSR count). The van der Waals surface area contributed by atoms with Crippen molar-refractivity contribution in [1.82, 2.24) is 21.3 Å². The first-order valence-electron chi connectivity index (χ1n) is 26.9. The van der Waals surface area contributed by atoms with Crippen LogP contribution in [0.4, 0.5) is 0 Å². The van der Waals surface area contributed by atoms with E-state index < -0.39 is 170 Å². The lowest BCUT2D eigenvalue weighted by Gasteiger charge is -2.26. The number of aliphatic hydroxyl groups excluding tert-OH is 1. The van der Waals surface area contributed by atoms with Crippen molar-refractivity contribution in [1.29, 1.82) is 0 Å². The number of nitrogens with two attached hydrogens (primary N) is 10. The number of Topliss-reactive ketones (excluding diaryl/α,β-unsaturated/α-hetero) is 5. The number of carboxylic acid groups (broad SMARTS) is 1. The van der Waals surface area contributed by atoms with E-state index in [-0.39, 0.29) is 120 Å². The van der Waals surface area contributed by atoms with Gasteiger partial charge < -0.3 is 88.8 Å². The first-order valence-corrected chi connectivity index (χ1v) is 26.9. The Morgan fingerprint density at radius 3 is 1.20 bits per heavy atom. The van der Waals surface area contributed by atoms with Gasteiger partial charge in [0.2, 0.25) is 35.4 Å². The molecule has 0 spiro atoms. The van der Waals surface area contributed by atoms with Crippen molar-refractivity contribution in [3.05, 3.63) is 0 Å². The zero-order chi connectivity index (χ0) is 62.6. The molecule has 0 aromatic heterocycles. The van der Waals surface area contributed by atoms with Gasteiger partial charge in [-0.3, -0.25) is 77.5 Å². The predicted molar refractivity (Wildman–Crippen MR) is 302 cm³/mol. The Hall–Kier alpha value is -8.32. The lowest BCUT2D eigenvalue weighted by molar-refractivity contribution is -0.139. The maximum Gasteiger partial charge on any atom is 0.303 e. The van der Waals surface area contributed by atoms with Gasteiger partial charge in [-0.1, -0.05) is 6.92 Å². The molecule has 0 bridgehead atoms. The third-order valence-corrected chi connectivity index (χ3v) is 12.8. The summed E-state index contributed by atoms with van der Waals surface area (Å²) in [7, 11) is 0. The minimum absolute atomic E-state index is 0.00308. The van der Waals surface area contributed by atoms with Gasteiger partial charge in [-0.2, -0.15) is 0 Å². The fourth-order valence-electron chi connectivity index (χ4n) is 8.25. The second-order valence-corrected chi connectivity index (χ2v) is 19.8. The third-order valence-electron chi connectivity index (χ3n) is 12.8. The largest absolute Gasteiger partial charge is 0.481 e. The van der Waals surface area contributed by atoms with Crippen molar-refractivity contribution in [2.45, 2.75) is 167 Å². The summed E-state index contributed by atoms with van der Waals surface area (Å²) in [5.74, 6) is -16.1. The van der Waals surface area contributed by atoms with Gasteiger partial charge in [0.05, 0.1) is 48.5 Å². The fraction of sp³-hybridized carbons (Fsp3) is 0.680. The summed E-state index contributed by atoms with van der Waals surface area (Å²) < 4.78 is 0. The van der Waals surface area contributed by atoms with E-state index in [0.717, 1.165) is 0 Å². The summed E-state index contributed by atoms with van der Waals surface area (Å²) in [6.45, 7) is 4.24. The average Bonchev–Trinajstić information content (AvgIpc) is 3.42. The highest BCUT2D eigenvalue weighted by molar-refractivity contribution is 5.99. The summed E-state index contributed by atoms with van der Waals surface area (Å²) in [6.07, 6.45) is -5.68. The summed E-state index contributed by atoms with van der Waals surface area (Å²) in [5, 5.41) is 29.7. The smallest absolute Gasteiger partial charge is 0.303 e. The molecule has 9 atom stereocenters. The van der Waals surface area contributed by atoms with Crippen LogP contribution >= 0.6 is 0 Å². The number of aliphatic carboxylic acids is 1. The number of rotatable bonds is 46. The molecule has 82 heavy (non-hydrogen) atoms. The standard InChI is InChI=1S/C50H88N18O14/c1-4-36(71)33(10-6-18-62-48(55)56)66-45(81)30(24-41(52)76)23-39(74)34(11-7-19-63-49(57)58)67-44(80)28(9-5-17-61-47(53)54)21-37(72)26(2)65-43(79)29(13-15-40(51)75)22-38(73)35(12-8-20-64-50(59)60)68-46(82)32(27(3)69)25-31(70)14-16-42(77)78/h26-30,32-35,69H,4-25H2,1-3H3,(H2,51,75)(H2,52,76)(H,65,79)(H,66,81)(H,67,80)(H,68,82)(H,77,78)(H4,53,54,61)(H4,55,56,62)(H4,57,58,63)(H4,59,60,64)/t26-,27?,28+,29+,30-,32-,33-,34-,35-/m0/s1. The van der Waals surface area contributed by atoms with Gasteiger partial charge in [0.1, 0.15) is 5.78 Å². The van der Waals surface area contributed by atoms with Gasteiger partial charge in [-0.15, -0.1) is 0 Å². The molecule has 0 aliphatic heterocycles. The number of carbonyl (C=O) groups excluding carboxylic acids is 11. The fourth-order valence-corrected chi connectivity index (χ4v) is 8.25. The van der Waals surface area contributed by atoms with E-state index in [4.69, 9.17) is 62.4 Å². The Morgan fingerprint density at radius 1 is 0.415 bits per heavy atom. The number of hydrogen-bond donors (Lipinski definition) is 16. The Morgan fingerprint density at radius 2 is 0.793 bits per heavy atom. The zero-order valence-corrected chi connectivity index (χ0v) is 47.1. The second-order valence-electron chi connectivity index (χ2n) is 19.8. The molecule has 0 saturated carbocycles. The molecule has 0 aromatic rings. The van der Waals surface area contributed by atoms with E-state index in [0.29, 0.717) is 0 Å². The molecule has 0 saturated heterocycles. The first kappa shape index (κ1) is 73.7. The van der Waals surface area contributed by atoms with E-state index in [9.17, 15) is 62.6 Å². The van der Waals surface area contributed by atoms with Crippen molar-refractivity contribution in [2.24, 2.45) is 101 Å². The molecule has 0 aliphatic carbocycles. The van der Waals surface area contributed by atoms with Crippen molar-refractivity contribution in [3.8, 4) is 0 Å². The number of nitrogens with one attached hydrogen (secondary N) is 4. The van der Waals surface area contributed by atoms with E-state index in [1.54, 1.807) is 6.92 Å². The number of hydrogen-bond acceptors (Lipinski definition) is 17. The van der Waals surface area contributed by atoms with Crippen LogP contribution in [0.3, 0.4) is 0 Å². The van der Waals surface area contributed by atoms with Crippen LogP contribution in [-0.2, 0) is 57.5 Å². The quantitative estimate of drug-likeness (QED) is 0.0154. The normalized spacial score (nSPS) is 14.1. The summed E-state index contributed by atoms with van der Waals surface area (Å²) in [6, 6.07) is -5.16. The molecular formula is C50H88N18O14. The number of nitrogens with zero attached hydrogens (tertiary/aromatic N) is 4. The predicted octanol–water partition coefficient (Wildman–Crippen LogP) is -5.17. The Kier molecular flexibility index (Phi) is 35.9. The topological polar surface area (TPSA) is 603 Å². The number of carbonyl (C=O) groups is 12. The number of guanidine groups is 4. The monoisotopic (exact) mass is 1160 g/mol. The maximum atomic E-state index is 14.3. The summed E-state index contributed by atoms with van der Waals surface area (Å²) in [5.41, 5.74) is 54.6. The summed E-state index contributed by atoms with van der Waals surface area (Å²) >= 11 is 0. The molecule has 0 aliphatic rings. The van der Waals surface area contributed by atoms with Crippen molar-refractivity contribution < 1.29 is 67.7 Å². The molecule has 1 unspecified atom stereocenters. The van der Waals surface area contributed by atoms with Crippen LogP contribution in [0.1, 0.15) is 136 Å². The molecule has 0 radical (unpaired) electrons. The number of aliphatic imine (C=N–C) groups is 4. The van der Waals surface area contributed by atoms with Crippen LogP contribution in [-0.4, -0.2) is 161 Å². The lowest BCUT2D eigenvalue weighted by atomic mass is 9.89. The number of carboxylic acids is 1. The highest BCUT2D eigenvalue weighted by Crippen LogP contribution is 2.21. The third kappa shape index (κ3) is 33.3. The van der Waals surface area contributed by atoms with Gasteiger partial charge in [0.15, 0.2) is 47.0 Å². The number of aliphatic hydroxyl groups is 1. The molecule has 0 fully saturated rings. The van der Waals surface area contributed by atoms with Gasteiger partial charge in [-0.05, 0) is 71.6 Å². The van der Waals surface area contributed by atoms with Crippen LogP contribution in [0, 0.1) is 23.7 Å². The maximum absolute atomic E-state index is 14.3. The number of ketones is 5. The van der Waals surface area contributed by atoms with Gasteiger partial charge in [0, 0.05) is 89.4 Å². The van der Waals surface area contributed by atoms with Crippen LogP contribution in [0.5, 0.6) is 0 Å². The molecule has 32 nitrogen and oxygen atoms in total. The van der Waals surface area contributed by atoms with E-state index in [2.05, 4.69) is 41.2 Å². The number of amides is 6. The van der Waals surface area contributed by atoms with E-state index in [1.165, 1.54) is 13.8 Å². The van der Waals surface area contributed by atoms with Crippen molar-refractivity contribution >= 4 is 94.2 Å². The summed E-state index contributed by atoms with van der Waals surface area (Å²) in [4.78, 5) is 174. The molecule has 26 N–H and O–H groups in total. The molecule has 6 amide bonds. The Labute approximate surface area is 475 Å². The molecular weight excluding hydrogens is 1080 g/mol. The van der Waals surface area contributed by atoms with Crippen LogP contribution in [0.25, 0.3) is 0 Å². The average molecular weight is 1170 g/mol. The first-order chi connectivity index (χ1) is 38.4. The minimum Gasteiger partial charge on any atom is -0.481 e. The highest BCUT2D eigenvalue weighted by Gasteiger charge is 2.36. The van der Waals surface area contributed by atoms with Crippen LogP contribution in [0.15, 0.2) is 20.0 Å². The van der Waals surface area contributed by atoms with Crippen molar-refractivity contribution in [2.75, 3.05) is 26.2 Å². The zero-order valence-electron chi connectivity index (χ0n) is 47.1. The molecule has 0 aromatic carbocycles. The lowest BCUT2D eigenvalue weighted by Crippen LogP contribution is -2.49. The van der Waals surface area contributed by atoms with Gasteiger partial charge in [-0.25, -0.2) is 0 Å². The van der Waals surface area contributed by atoms with E-state index in [1.807, 2.05) is 0 Å². The van der Waals surface area contributed by atoms with Gasteiger partial charge >= 0.3 is 5.97 Å².